The molecular weight excluding hydrogens is 346 g/mol. The highest BCUT2D eigenvalue weighted by molar-refractivity contribution is 5.85. The quantitative estimate of drug-likeness (QED) is 0.905. The maximum Gasteiger partial charge on any atom is 0.151 e. The molecule has 1 aliphatic carbocycles. The summed E-state index contributed by atoms with van der Waals surface area (Å²) in [6.07, 6.45) is 5.35. The van der Waals surface area contributed by atoms with Crippen molar-refractivity contribution in [3.63, 3.8) is 0 Å². The van der Waals surface area contributed by atoms with Crippen LogP contribution in [0.15, 0.2) is 30.5 Å². The zero-order chi connectivity index (χ0) is 16.7. The molecular formula is C18H23ClF2N4. The lowest BCUT2D eigenvalue weighted by Gasteiger charge is -2.29. The summed E-state index contributed by atoms with van der Waals surface area (Å²) < 4.78 is 28.4. The molecule has 2 heterocycles. The number of rotatable bonds is 3. The number of hydrogen-bond acceptors (Lipinski definition) is 3. The molecule has 4 nitrogen and oxygen atoms in total. The van der Waals surface area contributed by atoms with Gasteiger partial charge in [-0.15, -0.1) is 12.4 Å². The van der Waals surface area contributed by atoms with Crippen molar-refractivity contribution < 1.29 is 8.78 Å². The van der Waals surface area contributed by atoms with Crippen molar-refractivity contribution in [3.8, 4) is 5.69 Å². The molecule has 0 amide bonds. The monoisotopic (exact) mass is 368 g/mol. The van der Waals surface area contributed by atoms with E-state index >= 15 is 0 Å². The number of fused-ring (bicyclic) bond motifs is 1. The average Bonchev–Trinajstić information content (AvgIpc) is 3.15. The maximum absolute atomic E-state index is 13.9. The molecule has 0 bridgehead atoms. The SMILES string of the molecule is Cl.NC1CCCC2CN(Cc3ccn(-c4ccc(F)cc4F)n3)CC12. The summed E-state index contributed by atoms with van der Waals surface area (Å²) in [4.78, 5) is 2.40. The molecule has 1 saturated carbocycles. The minimum Gasteiger partial charge on any atom is -0.327 e. The number of halogens is 3. The Hall–Kier alpha value is -1.50. The van der Waals surface area contributed by atoms with Crippen LogP contribution in [0.1, 0.15) is 25.0 Å². The van der Waals surface area contributed by atoms with Crippen LogP contribution in [-0.2, 0) is 6.54 Å². The second kappa shape index (κ2) is 7.40. The molecule has 25 heavy (non-hydrogen) atoms. The number of nitrogens with zero attached hydrogens (tertiary/aromatic N) is 3. The molecule has 2 N–H and O–H groups in total. The van der Waals surface area contributed by atoms with Crippen LogP contribution in [0.2, 0.25) is 0 Å². The van der Waals surface area contributed by atoms with Gasteiger partial charge >= 0.3 is 0 Å². The molecule has 0 radical (unpaired) electrons. The molecule has 3 atom stereocenters. The molecule has 136 valence electrons. The zero-order valence-electron chi connectivity index (χ0n) is 13.9. The van der Waals surface area contributed by atoms with E-state index in [9.17, 15) is 8.78 Å². The van der Waals surface area contributed by atoms with Crippen molar-refractivity contribution in [3.05, 3.63) is 47.8 Å². The molecule has 1 aromatic carbocycles. The van der Waals surface area contributed by atoms with E-state index < -0.39 is 11.6 Å². The summed E-state index contributed by atoms with van der Waals surface area (Å²) >= 11 is 0. The fraction of sp³-hybridized carbons (Fsp3) is 0.500. The van der Waals surface area contributed by atoms with Gasteiger partial charge in [0.2, 0.25) is 0 Å². The highest BCUT2D eigenvalue weighted by atomic mass is 35.5. The number of hydrogen-bond donors (Lipinski definition) is 1. The summed E-state index contributed by atoms with van der Waals surface area (Å²) in [5, 5.41) is 4.45. The van der Waals surface area contributed by atoms with Gasteiger partial charge in [0, 0.05) is 37.9 Å². The van der Waals surface area contributed by atoms with Crippen molar-refractivity contribution in [2.75, 3.05) is 13.1 Å². The first-order chi connectivity index (χ1) is 11.6. The summed E-state index contributed by atoms with van der Waals surface area (Å²) in [6.45, 7) is 2.83. The molecule has 0 spiro atoms. The van der Waals surface area contributed by atoms with Crippen LogP contribution < -0.4 is 5.73 Å². The van der Waals surface area contributed by atoms with Gasteiger partial charge in [0.15, 0.2) is 5.82 Å². The lowest BCUT2D eigenvalue weighted by molar-refractivity contribution is 0.259. The van der Waals surface area contributed by atoms with E-state index in [0.717, 1.165) is 37.8 Å². The Labute approximate surface area is 152 Å². The van der Waals surface area contributed by atoms with Crippen molar-refractivity contribution in [2.24, 2.45) is 17.6 Å². The Kier molecular flexibility index (Phi) is 5.41. The predicted octanol–water partition coefficient (Wildman–Crippen LogP) is 3.13. The molecule has 2 aromatic rings. The Morgan fingerprint density at radius 1 is 1.16 bits per heavy atom. The van der Waals surface area contributed by atoms with Gasteiger partial charge in [-0.3, -0.25) is 4.90 Å². The third-order valence-electron chi connectivity index (χ3n) is 5.42. The van der Waals surface area contributed by atoms with Crippen molar-refractivity contribution in [1.82, 2.24) is 14.7 Å². The Morgan fingerprint density at radius 2 is 2.00 bits per heavy atom. The van der Waals surface area contributed by atoms with Gasteiger partial charge in [0.1, 0.15) is 11.5 Å². The van der Waals surface area contributed by atoms with Crippen LogP contribution >= 0.6 is 12.4 Å². The van der Waals surface area contributed by atoms with Crippen molar-refractivity contribution in [2.45, 2.75) is 31.8 Å². The van der Waals surface area contributed by atoms with Crippen LogP contribution in [0, 0.1) is 23.5 Å². The van der Waals surface area contributed by atoms with Gasteiger partial charge < -0.3 is 5.73 Å². The van der Waals surface area contributed by atoms with Gasteiger partial charge in [0.25, 0.3) is 0 Å². The minimum atomic E-state index is -0.609. The standard InChI is InChI=1S/C18H22F2N4.ClH/c19-13-4-5-18(16(20)8-13)24-7-6-14(22-24)10-23-9-12-2-1-3-17(21)15(12)11-23;/h4-8,12,15,17H,1-3,9-11,21H2;1H. The smallest absolute Gasteiger partial charge is 0.151 e. The van der Waals surface area contributed by atoms with Gasteiger partial charge in [-0.25, -0.2) is 13.5 Å². The van der Waals surface area contributed by atoms with E-state index in [1.165, 1.54) is 29.7 Å². The van der Waals surface area contributed by atoms with E-state index in [1.54, 1.807) is 6.20 Å². The van der Waals surface area contributed by atoms with E-state index in [2.05, 4.69) is 10.00 Å². The lowest BCUT2D eigenvalue weighted by Crippen LogP contribution is -2.38. The van der Waals surface area contributed by atoms with Crippen molar-refractivity contribution >= 4 is 12.4 Å². The summed E-state index contributed by atoms with van der Waals surface area (Å²) in [5.41, 5.74) is 7.42. The Bertz CT molecular complexity index is 736. The lowest BCUT2D eigenvalue weighted by atomic mass is 9.78. The first-order valence-electron chi connectivity index (χ1n) is 8.58. The third-order valence-corrected chi connectivity index (χ3v) is 5.42. The number of benzene rings is 1. The molecule has 1 aromatic heterocycles. The fourth-order valence-corrected chi connectivity index (χ4v) is 4.21. The summed E-state index contributed by atoms with van der Waals surface area (Å²) in [5.74, 6) is 0.100. The van der Waals surface area contributed by atoms with E-state index in [1.807, 2.05) is 6.07 Å². The predicted molar refractivity (Wildman–Crippen MR) is 94.8 cm³/mol. The topological polar surface area (TPSA) is 47.1 Å². The van der Waals surface area contributed by atoms with E-state index in [0.29, 0.717) is 17.9 Å². The molecule has 3 unspecified atom stereocenters. The highest BCUT2D eigenvalue weighted by Gasteiger charge is 2.38. The number of nitrogens with two attached hydrogens (primary N) is 1. The molecule has 1 aliphatic heterocycles. The number of aromatic nitrogens is 2. The molecule has 4 rings (SSSR count). The van der Waals surface area contributed by atoms with Gasteiger partial charge in [0.05, 0.1) is 5.69 Å². The summed E-state index contributed by atoms with van der Waals surface area (Å²) in [7, 11) is 0. The van der Waals surface area contributed by atoms with E-state index in [4.69, 9.17) is 5.73 Å². The van der Waals surface area contributed by atoms with Gasteiger partial charge in [-0.1, -0.05) is 6.42 Å². The molecule has 7 heteroatoms. The first-order valence-corrected chi connectivity index (χ1v) is 8.58. The van der Waals surface area contributed by atoms with Crippen LogP contribution in [0.25, 0.3) is 5.69 Å². The van der Waals surface area contributed by atoms with Gasteiger partial charge in [-0.05, 0) is 42.9 Å². The maximum atomic E-state index is 13.9. The first kappa shape index (κ1) is 18.3. The number of likely N-dealkylation sites (tertiary alicyclic amines) is 1. The second-order valence-electron chi connectivity index (χ2n) is 7.06. The largest absolute Gasteiger partial charge is 0.327 e. The molecule has 2 fully saturated rings. The van der Waals surface area contributed by atoms with Crippen LogP contribution in [-0.4, -0.2) is 33.8 Å². The normalized spacial score (nSPS) is 26.3. The van der Waals surface area contributed by atoms with Crippen LogP contribution in [0.4, 0.5) is 8.78 Å². The van der Waals surface area contributed by atoms with Crippen LogP contribution in [0.3, 0.4) is 0 Å². The van der Waals surface area contributed by atoms with Crippen molar-refractivity contribution in [1.29, 1.82) is 0 Å². The van der Waals surface area contributed by atoms with Gasteiger partial charge in [-0.2, -0.15) is 5.10 Å². The average molecular weight is 369 g/mol. The Morgan fingerprint density at radius 3 is 2.76 bits per heavy atom. The van der Waals surface area contributed by atoms with E-state index in [-0.39, 0.29) is 18.1 Å². The third kappa shape index (κ3) is 3.71. The summed E-state index contributed by atoms with van der Waals surface area (Å²) in [6, 6.07) is 5.74. The highest BCUT2D eigenvalue weighted by Crippen LogP contribution is 2.35. The molecule has 2 aliphatic rings. The fourth-order valence-electron chi connectivity index (χ4n) is 4.21. The Balaban J connectivity index is 0.00000182. The van der Waals surface area contributed by atoms with Crippen LogP contribution in [0.5, 0.6) is 0 Å². The minimum absolute atomic E-state index is 0. The second-order valence-corrected chi connectivity index (χ2v) is 7.06. The molecule has 1 saturated heterocycles. The zero-order valence-corrected chi connectivity index (χ0v) is 14.8.